The molecule has 2 unspecified atom stereocenters. The van der Waals surface area contributed by atoms with Gasteiger partial charge >= 0.3 is 0 Å². The molecule has 0 fully saturated rings. The average Bonchev–Trinajstić information content (AvgIpc) is 0.804. The molecule has 0 aliphatic heterocycles. The van der Waals surface area contributed by atoms with Gasteiger partial charge in [0.25, 0.3) is 23.6 Å². The maximum Gasteiger partial charge on any atom is 0.257 e. The molecule has 8 rings (SSSR count). The fraction of sp³-hybridized carbons (Fsp3) is 0.206. The van der Waals surface area contributed by atoms with Crippen molar-refractivity contribution in [3.63, 3.8) is 0 Å². The van der Waals surface area contributed by atoms with Gasteiger partial charge < -0.3 is 41.7 Å². The lowest BCUT2D eigenvalue weighted by Gasteiger charge is -2.21. The number of likely N-dealkylation sites (N-methyl/N-ethyl adjacent to an activating group) is 4. The molecular formula is C68H68BrCl4F7N8O14S4. The van der Waals surface area contributed by atoms with Crippen molar-refractivity contribution in [1.29, 1.82) is 0 Å². The first kappa shape index (κ1) is 89.0. The van der Waals surface area contributed by atoms with Gasteiger partial charge in [0.1, 0.15) is 11.6 Å². The first-order chi connectivity index (χ1) is 49.5. The molecule has 2 atom stereocenters. The predicted molar refractivity (Wildman–Crippen MR) is 401 cm³/mol. The summed E-state index contributed by atoms with van der Waals surface area (Å²) in [7, 11) is -7.94. The maximum absolute atomic E-state index is 13.4. The molecule has 0 saturated heterocycles. The van der Waals surface area contributed by atoms with Crippen LogP contribution in [0.2, 0.25) is 20.1 Å². The summed E-state index contributed by atoms with van der Waals surface area (Å²) >= 11 is 26.4. The Morgan fingerprint density at radius 1 is 0.396 bits per heavy atom. The third kappa shape index (κ3) is 23.2. The van der Waals surface area contributed by atoms with Crippen molar-refractivity contribution in [1.82, 2.24) is 17.2 Å². The van der Waals surface area contributed by atoms with Gasteiger partial charge in [-0.2, -0.15) is 8.61 Å². The van der Waals surface area contributed by atoms with Crippen LogP contribution in [0.25, 0.3) is 0 Å². The van der Waals surface area contributed by atoms with Gasteiger partial charge in [-0.25, -0.2) is 64.6 Å². The smallest absolute Gasteiger partial charge is 0.257 e. The van der Waals surface area contributed by atoms with Crippen LogP contribution in [0.3, 0.4) is 0 Å². The molecular weight excluding hydrogens is 1640 g/mol. The normalized spacial score (nSPS) is 12.5. The van der Waals surface area contributed by atoms with Crippen molar-refractivity contribution in [2.24, 2.45) is 0 Å². The number of anilines is 4. The quantitative estimate of drug-likeness (QED) is 0.0158. The highest BCUT2D eigenvalue weighted by atomic mass is 79.9. The lowest BCUT2D eigenvalue weighted by atomic mass is 10.1. The van der Waals surface area contributed by atoms with E-state index in [2.05, 4.69) is 48.9 Å². The van der Waals surface area contributed by atoms with Crippen LogP contribution in [-0.2, 0) is 39.5 Å². The number of carbonyl (C=O) groups is 4. The molecule has 8 aromatic rings. The summed E-state index contributed by atoms with van der Waals surface area (Å²) in [6.45, 7) is 2.16. The lowest BCUT2D eigenvalue weighted by Crippen LogP contribution is -2.30. The van der Waals surface area contributed by atoms with Crippen LogP contribution in [-0.4, -0.2) is 179 Å². The highest BCUT2D eigenvalue weighted by molar-refractivity contribution is 9.10. The number of sulfonamides is 2. The van der Waals surface area contributed by atoms with Crippen LogP contribution in [0.1, 0.15) is 52.6 Å². The van der Waals surface area contributed by atoms with E-state index in [1.165, 1.54) is 133 Å². The molecule has 0 heterocycles. The van der Waals surface area contributed by atoms with E-state index in [0.29, 0.717) is 33.8 Å². The first-order valence-electron chi connectivity index (χ1n) is 30.3. The number of aliphatic hydroxyl groups is 4. The average molecular weight is 1700 g/mol. The number of rotatable bonds is 24. The molecule has 0 bridgehead atoms. The zero-order chi connectivity index (χ0) is 79.7. The van der Waals surface area contributed by atoms with Gasteiger partial charge in [0.15, 0.2) is 29.1 Å². The summed E-state index contributed by atoms with van der Waals surface area (Å²) in [5.74, 6) is -3.41. The third-order valence-electron chi connectivity index (χ3n) is 14.9. The highest BCUT2D eigenvalue weighted by Gasteiger charge is 2.28. The SMILES string of the molecule is C=S(=O)(c1ccc(Cl)c(C(=O)Nc2cc(F)c(F)c(F)c2)c1)N(C)CCO.C=S(=O)(c1ccc(Cl)c(C(=O)Nc2ccc(F)c(Br)c2)c1)N(C)CCO.Cc1ccc(C(=O)Nc2cc(F)c(F)c(Cl)c2)cc1S(=O)(=O)N(C)CCO.Cc1ccc(C(=O)Nc2ccc(F)c(Cl)c2)cc1S(=O)(=O)N(C)CCO. The number of aliphatic hydroxyl groups excluding tert-OH is 4. The zero-order valence-electron chi connectivity index (χ0n) is 56.6. The van der Waals surface area contributed by atoms with Crippen molar-refractivity contribution in [2.45, 2.75) is 33.4 Å². The predicted octanol–water partition coefficient (Wildman–Crippen LogP) is 11.8. The van der Waals surface area contributed by atoms with Gasteiger partial charge in [0.05, 0.1) is 91.3 Å². The van der Waals surface area contributed by atoms with Crippen LogP contribution in [0.5, 0.6) is 0 Å². The molecule has 106 heavy (non-hydrogen) atoms. The van der Waals surface area contributed by atoms with E-state index in [1.807, 2.05) is 0 Å². The van der Waals surface area contributed by atoms with Crippen LogP contribution < -0.4 is 21.3 Å². The van der Waals surface area contributed by atoms with Crippen molar-refractivity contribution < 1.29 is 95.6 Å². The molecule has 0 spiro atoms. The Labute approximate surface area is 635 Å². The Balaban J connectivity index is 0.000000254. The van der Waals surface area contributed by atoms with E-state index < -0.39 is 109 Å². The molecule has 38 heteroatoms. The maximum atomic E-state index is 13.4. The van der Waals surface area contributed by atoms with Crippen LogP contribution in [0.4, 0.5) is 53.5 Å². The van der Waals surface area contributed by atoms with Crippen molar-refractivity contribution in [3.8, 4) is 0 Å². The van der Waals surface area contributed by atoms with Crippen LogP contribution >= 0.6 is 62.3 Å². The molecule has 22 nitrogen and oxygen atoms in total. The van der Waals surface area contributed by atoms with E-state index in [0.717, 1.165) is 26.8 Å². The molecule has 0 saturated carbocycles. The van der Waals surface area contributed by atoms with Gasteiger partial charge in [-0.3, -0.25) is 19.2 Å². The number of hydrogen-bond donors (Lipinski definition) is 8. The van der Waals surface area contributed by atoms with Crippen molar-refractivity contribution in [3.05, 3.63) is 232 Å². The number of amides is 4. The van der Waals surface area contributed by atoms with Gasteiger partial charge in [-0.1, -0.05) is 58.5 Å². The summed E-state index contributed by atoms with van der Waals surface area (Å²) in [6, 6.07) is 27.5. The Hall–Kier alpha value is -7.59. The van der Waals surface area contributed by atoms with Gasteiger partial charge in [0.2, 0.25) is 20.0 Å². The number of benzene rings is 8. The van der Waals surface area contributed by atoms with Gasteiger partial charge in [-0.05, 0) is 170 Å². The number of nitrogens with one attached hydrogen (secondary N) is 4. The summed E-state index contributed by atoms with van der Waals surface area (Å²) in [6.07, 6.45) is 0. The Bertz CT molecular complexity index is 5040. The fourth-order valence-electron chi connectivity index (χ4n) is 8.79. The molecule has 572 valence electrons. The van der Waals surface area contributed by atoms with E-state index in [4.69, 9.17) is 66.8 Å². The topological polar surface area (TPSA) is 313 Å². The lowest BCUT2D eigenvalue weighted by molar-refractivity contribution is 0.101. The van der Waals surface area contributed by atoms with E-state index in [1.54, 1.807) is 20.9 Å². The second kappa shape index (κ2) is 39.0. The van der Waals surface area contributed by atoms with E-state index >= 15 is 0 Å². The van der Waals surface area contributed by atoms with Crippen LogP contribution in [0.15, 0.2) is 158 Å². The summed E-state index contributed by atoms with van der Waals surface area (Å²) in [4.78, 5) is 50.1. The minimum absolute atomic E-state index is 0.000633. The van der Waals surface area contributed by atoms with Crippen molar-refractivity contribution >= 4 is 160 Å². The minimum Gasteiger partial charge on any atom is -0.395 e. The number of hydrogen-bond acceptors (Lipinski definition) is 14. The molecule has 0 aliphatic rings. The van der Waals surface area contributed by atoms with Crippen molar-refractivity contribution in [2.75, 3.05) is 102 Å². The fourth-order valence-corrected chi connectivity index (χ4v) is 15.4. The second-order valence-corrected chi connectivity index (χ2v) is 33.6. The second-order valence-electron chi connectivity index (χ2n) is 22.4. The third-order valence-corrected chi connectivity index (χ3v) is 25.1. The Kier molecular flexibility index (Phi) is 32.7. The van der Waals surface area contributed by atoms with E-state index in [9.17, 15) is 75.2 Å². The number of nitrogens with zero attached hydrogens (tertiary/aromatic N) is 4. The largest absolute Gasteiger partial charge is 0.395 e. The highest BCUT2D eigenvalue weighted by Crippen LogP contribution is 2.31. The summed E-state index contributed by atoms with van der Waals surface area (Å²) in [5, 5.41) is 45.2. The molecule has 8 aromatic carbocycles. The minimum atomic E-state index is -3.92. The molecule has 0 aliphatic carbocycles. The molecule has 8 N–H and O–H groups in total. The summed E-state index contributed by atoms with van der Waals surface area (Å²) in [5.41, 5.74) is 1.25. The van der Waals surface area contributed by atoms with Crippen LogP contribution in [0, 0.1) is 54.6 Å². The standard InChI is InChI=1S/C17H17BrClFN2O3S.C17H16ClF3N2O3S.C17H17ClF2N2O4S.C17H18ClFN2O4S/c1-22(7-8-23)26(2,25)12-4-5-15(19)13(10-12)17(24)21-11-3-6-16(20)14(18)9-11;1-23(5-6-24)27(2,26)11-3-4-13(18)12(9-11)17(25)22-10-7-14(19)16(21)15(20)8-10;1-10-3-4-11(7-15(10)27(25,26)22(2)5-6-23)17(24)21-12-8-13(18)16(20)14(19)9-12;1-11-3-4-12(9-16(11)26(24,25)21(2)7-8-22)17(23)20-13-5-6-15(19)14(18)10-13/h3-6,9-10,23H,2,7-8H2,1H3,(H,21,24);3-4,7-9,24H,2,5-6H2,1H3,(H,22,25);3-4,7-9,23H,5-6H2,1-2H3,(H,21,24);3-6,9-10,22H,7-8H2,1-2H3,(H,20,23). The number of aryl methyl sites for hydroxylation is 2. The molecule has 0 aromatic heterocycles. The monoisotopic (exact) mass is 1700 g/mol. The van der Waals surface area contributed by atoms with Gasteiger partial charge in [0, 0.05) is 102 Å². The summed E-state index contributed by atoms with van der Waals surface area (Å²) < 4.78 is 174. The number of carbonyl (C=O) groups excluding carboxylic acids is 4. The van der Waals surface area contributed by atoms with E-state index in [-0.39, 0.29) is 126 Å². The first-order valence-corrected chi connectivity index (χ1v) is 38.8. The number of halogens is 12. The Morgan fingerprint density at radius 2 is 0.736 bits per heavy atom. The zero-order valence-corrected chi connectivity index (χ0v) is 64.5. The Morgan fingerprint density at radius 3 is 1.12 bits per heavy atom. The van der Waals surface area contributed by atoms with Gasteiger partial charge in [-0.15, -0.1) is 0 Å². The molecule has 0 radical (unpaired) electrons. The molecule has 4 amide bonds.